The van der Waals surface area contributed by atoms with Crippen LogP contribution in [0.3, 0.4) is 0 Å². The molecule has 26 heavy (non-hydrogen) atoms. The maximum atomic E-state index is 4.99. The van der Waals surface area contributed by atoms with E-state index in [0.29, 0.717) is 0 Å². The van der Waals surface area contributed by atoms with Gasteiger partial charge in [0.1, 0.15) is 10.0 Å². The van der Waals surface area contributed by atoms with Gasteiger partial charge in [-0.2, -0.15) is 0 Å². The summed E-state index contributed by atoms with van der Waals surface area (Å²) in [7, 11) is 13.5. The van der Waals surface area contributed by atoms with Crippen LogP contribution in [0.15, 0.2) is 0 Å². The Balaban J connectivity index is 2.18. The third kappa shape index (κ3) is 5.72. The number of thiazole rings is 2. The van der Waals surface area contributed by atoms with Crippen molar-refractivity contribution in [3.63, 3.8) is 0 Å². The molecule has 148 valence electrons. The first-order valence-corrected chi connectivity index (χ1v) is 11.1. The second-order valence-corrected chi connectivity index (χ2v) is 12.9. The van der Waals surface area contributed by atoms with Crippen LogP contribution in [-0.2, 0) is 10.8 Å². The highest BCUT2D eigenvalue weighted by atomic mass is 32.1. The van der Waals surface area contributed by atoms with Crippen LogP contribution in [0.25, 0.3) is 9.66 Å². The van der Waals surface area contributed by atoms with E-state index in [9.17, 15) is 0 Å². The first-order valence-electron chi connectivity index (χ1n) is 9.48. The van der Waals surface area contributed by atoms with Crippen molar-refractivity contribution in [2.75, 3.05) is 55.4 Å². The van der Waals surface area contributed by atoms with Crippen molar-refractivity contribution < 1.29 is 8.97 Å². The Morgan fingerprint density at radius 2 is 0.962 bits per heavy atom. The van der Waals surface area contributed by atoms with E-state index in [1.165, 1.54) is 10.0 Å². The lowest BCUT2D eigenvalue weighted by Gasteiger charge is -2.29. The molecule has 0 unspecified atom stereocenters. The van der Waals surface area contributed by atoms with Gasteiger partial charge in [-0.05, 0) is 0 Å². The average Bonchev–Trinajstić information content (AvgIpc) is 3.01. The Hall–Kier alpha value is -0.560. The monoisotopic (exact) mass is 398 g/mol. The topological polar surface area (TPSA) is 25.8 Å². The molecule has 6 heteroatoms. The molecule has 0 spiro atoms. The molecule has 2 aromatic rings. The number of hydrogen-bond donors (Lipinski definition) is 0. The van der Waals surface area contributed by atoms with Crippen molar-refractivity contribution in [1.82, 2.24) is 9.97 Å². The van der Waals surface area contributed by atoms with Crippen LogP contribution in [0.2, 0.25) is 0 Å². The third-order valence-electron chi connectivity index (χ3n) is 4.95. The van der Waals surface area contributed by atoms with Crippen molar-refractivity contribution in [3.8, 4) is 0 Å². The van der Waals surface area contributed by atoms with Gasteiger partial charge in [0.2, 0.25) is 0 Å². The van der Waals surface area contributed by atoms with Crippen molar-refractivity contribution in [3.05, 3.63) is 10.0 Å². The molecule has 0 aliphatic rings. The normalized spacial score (nSPS) is 14.4. The Bertz CT molecular complexity index is 651. The summed E-state index contributed by atoms with van der Waals surface area (Å²) < 4.78 is 1.98. The molecular formula is C20H38N4S2+2. The summed E-state index contributed by atoms with van der Waals surface area (Å²) in [6, 6.07) is 0. The van der Waals surface area contributed by atoms with Crippen molar-refractivity contribution in [2.24, 2.45) is 0 Å². The molecule has 0 saturated heterocycles. The summed E-state index contributed by atoms with van der Waals surface area (Å²) in [4.78, 5) is 12.2. The van der Waals surface area contributed by atoms with Gasteiger partial charge in [-0.1, -0.05) is 50.4 Å². The number of aromatic nitrogens is 2. The quantitative estimate of drug-likeness (QED) is 0.612. The van der Waals surface area contributed by atoms with Gasteiger partial charge >= 0.3 is 0 Å². The third-order valence-corrected chi connectivity index (χ3v) is 7.71. The van der Waals surface area contributed by atoms with Crippen LogP contribution in [0.1, 0.15) is 50.6 Å². The molecule has 0 saturated carbocycles. The summed E-state index contributed by atoms with van der Waals surface area (Å²) in [5.41, 5.74) is 0.214. The van der Waals surface area contributed by atoms with E-state index < -0.39 is 0 Å². The fraction of sp³-hybridized carbons (Fsp3) is 0.800. The second-order valence-electron chi connectivity index (χ2n) is 10.9. The number of hydrogen-bond acceptors (Lipinski definition) is 4. The molecule has 0 bridgehead atoms. The van der Waals surface area contributed by atoms with Gasteiger partial charge < -0.3 is 8.97 Å². The van der Waals surface area contributed by atoms with E-state index in [-0.39, 0.29) is 10.8 Å². The standard InChI is InChI=1S/C20H38N4S2/c1-19(2,11-13-23(5,6)7)17-21-15-16(25-17)22-18(26-15)20(3,4)12-14-24(8,9)10/h11-14H2,1-10H3/q+2. The SMILES string of the molecule is CC(C)(CC[N+](C)(C)C)c1nc2sc(C(C)(C)CC[N+](C)(C)C)nc2s1. The molecule has 2 heterocycles. The molecule has 0 radical (unpaired) electrons. The van der Waals surface area contributed by atoms with Gasteiger partial charge in [0.15, 0.2) is 9.66 Å². The van der Waals surface area contributed by atoms with E-state index in [1.54, 1.807) is 22.7 Å². The second kappa shape index (κ2) is 7.12. The van der Waals surface area contributed by atoms with Crippen molar-refractivity contribution >= 4 is 32.3 Å². The minimum Gasteiger partial charge on any atom is -0.331 e. The van der Waals surface area contributed by atoms with Crippen LogP contribution in [0, 0.1) is 0 Å². The number of fused-ring (bicyclic) bond motifs is 1. The van der Waals surface area contributed by atoms with Crippen molar-refractivity contribution in [2.45, 2.75) is 51.4 Å². The molecule has 4 nitrogen and oxygen atoms in total. The van der Waals surface area contributed by atoms with Gasteiger partial charge in [-0.3, -0.25) is 0 Å². The molecule has 2 aromatic heterocycles. The van der Waals surface area contributed by atoms with Gasteiger partial charge in [-0.15, -0.1) is 0 Å². The van der Waals surface area contributed by atoms with E-state index >= 15 is 0 Å². The molecule has 0 aromatic carbocycles. The smallest absolute Gasteiger partial charge is 0.155 e. The highest BCUT2D eigenvalue weighted by Crippen LogP contribution is 2.39. The molecule has 0 amide bonds. The highest BCUT2D eigenvalue weighted by Gasteiger charge is 2.31. The van der Waals surface area contributed by atoms with Crippen LogP contribution >= 0.6 is 22.7 Å². The van der Waals surface area contributed by atoms with Gasteiger partial charge in [0.25, 0.3) is 0 Å². The van der Waals surface area contributed by atoms with E-state index in [1.807, 2.05) is 0 Å². The predicted molar refractivity (Wildman–Crippen MR) is 116 cm³/mol. The maximum absolute atomic E-state index is 4.99. The number of quaternary nitrogens is 2. The zero-order valence-electron chi connectivity index (χ0n) is 18.4. The number of rotatable bonds is 8. The van der Waals surface area contributed by atoms with E-state index in [2.05, 4.69) is 70.0 Å². The Labute approximate surface area is 168 Å². The summed E-state index contributed by atoms with van der Waals surface area (Å²) >= 11 is 3.59. The van der Waals surface area contributed by atoms with E-state index in [4.69, 9.17) is 9.97 Å². The number of nitrogens with zero attached hydrogens (tertiary/aromatic N) is 4. The highest BCUT2D eigenvalue weighted by molar-refractivity contribution is 7.26. The average molecular weight is 399 g/mol. The lowest BCUT2D eigenvalue weighted by molar-refractivity contribution is -0.871. The minimum absolute atomic E-state index is 0.107. The van der Waals surface area contributed by atoms with E-state index in [0.717, 1.165) is 44.6 Å². The molecule has 2 rings (SSSR count). The Morgan fingerprint density at radius 3 is 1.23 bits per heavy atom. The summed E-state index contributed by atoms with van der Waals surface area (Å²) in [5.74, 6) is 0. The summed E-state index contributed by atoms with van der Waals surface area (Å²) in [6.07, 6.45) is 2.28. The van der Waals surface area contributed by atoms with Crippen LogP contribution < -0.4 is 0 Å². The minimum atomic E-state index is 0.107. The zero-order chi connectivity index (χ0) is 20.0. The fourth-order valence-corrected chi connectivity index (χ4v) is 4.97. The fourth-order valence-electron chi connectivity index (χ4n) is 2.66. The first-order chi connectivity index (χ1) is 11.6. The maximum Gasteiger partial charge on any atom is 0.155 e. The van der Waals surface area contributed by atoms with Gasteiger partial charge in [0, 0.05) is 23.7 Å². The molecule has 0 atom stereocenters. The Morgan fingerprint density at radius 1 is 0.654 bits per heavy atom. The van der Waals surface area contributed by atoms with Crippen LogP contribution in [-0.4, -0.2) is 74.3 Å². The molecule has 0 N–H and O–H groups in total. The first kappa shape index (κ1) is 21.7. The van der Waals surface area contributed by atoms with Crippen molar-refractivity contribution in [1.29, 1.82) is 0 Å². The Kier molecular flexibility index (Phi) is 5.95. The molecule has 0 aliphatic carbocycles. The predicted octanol–water partition coefficient (Wildman–Crippen LogP) is 4.50. The molecule has 0 fully saturated rings. The summed E-state index contributed by atoms with van der Waals surface area (Å²) in [5, 5.41) is 2.46. The van der Waals surface area contributed by atoms with Crippen LogP contribution in [0.5, 0.6) is 0 Å². The largest absolute Gasteiger partial charge is 0.331 e. The van der Waals surface area contributed by atoms with Gasteiger partial charge in [-0.25, -0.2) is 9.97 Å². The lowest BCUT2D eigenvalue weighted by Crippen LogP contribution is -2.38. The lowest BCUT2D eigenvalue weighted by atomic mass is 9.90. The molecular weight excluding hydrogens is 360 g/mol. The molecule has 0 aliphatic heterocycles. The van der Waals surface area contributed by atoms with Crippen LogP contribution in [0.4, 0.5) is 0 Å². The van der Waals surface area contributed by atoms with Gasteiger partial charge in [0.05, 0.1) is 55.4 Å². The summed E-state index contributed by atoms with van der Waals surface area (Å²) in [6.45, 7) is 11.6. The zero-order valence-corrected chi connectivity index (χ0v) is 20.1.